The van der Waals surface area contributed by atoms with Crippen LogP contribution in [0.2, 0.25) is 0 Å². The van der Waals surface area contributed by atoms with Gasteiger partial charge in [-0.15, -0.1) is 0 Å². The summed E-state index contributed by atoms with van der Waals surface area (Å²) >= 11 is 1.57. The van der Waals surface area contributed by atoms with Crippen LogP contribution in [0.15, 0.2) is 0 Å². The van der Waals surface area contributed by atoms with E-state index in [1.807, 2.05) is 4.58 Å². The first-order valence-corrected chi connectivity index (χ1v) is 4.29. The summed E-state index contributed by atoms with van der Waals surface area (Å²) < 4.78 is 6.32. The van der Waals surface area contributed by atoms with Crippen molar-refractivity contribution >= 4 is 22.9 Å². The molecular weight excluding hydrogens is 244 g/mol. The minimum atomic E-state index is -0.240. The van der Waals surface area contributed by atoms with Gasteiger partial charge in [0.25, 0.3) is 0 Å². The van der Waals surface area contributed by atoms with Gasteiger partial charge in [-0.2, -0.15) is 0 Å². The lowest BCUT2D eigenvalue weighted by Crippen LogP contribution is -3.00. The van der Waals surface area contributed by atoms with Gasteiger partial charge in [-0.25, -0.2) is 9.37 Å². The van der Waals surface area contributed by atoms with Crippen molar-refractivity contribution in [1.29, 1.82) is 0 Å². The summed E-state index contributed by atoms with van der Waals surface area (Å²) in [7, 11) is 1.38. The van der Waals surface area contributed by atoms with Gasteiger partial charge in [0.1, 0.15) is 0 Å². The fourth-order valence-corrected chi connectivity index (χ4v) is 1.70. The lowest BCUT2D eigenvalue weighted by molar-refractivity contribution is -0.508. The second kappa shape index (κ2) is 5.42. The van der Waals surface area contributed by atoms with Crippen LogP contribution < -0.4 is 22.7 Å². The Hall–Kier alpha value is -0.230. The van der Waals surface area contributed by atoms with Crippen molar-refractivity contribution in [2.24, 2.45) is 5.73 Å². The number of rotatable bonds is 2. The van der Waals surface area contributed by atoms with Crippen molar-refractivity contribution in [3.8, 4) is 0 Å². The van der Waals surface area contributed by atoms with Gasteiger partial charge in [0.15, 0.2) is 6.54 Å². The maximum absolute atomic E-state index is 10.8. The number of carbonyl (C=O) groups is 1. The number of carbonyl (C=O) groups excluding carboxylic acids is 1. The molecule has 0 fully saturated rings. The number of ether oxygens (including phenoxy) is 1. The SMILES string of the molecule is COC(=O)C[N+]1=C(N)SCC1.[Br-]. The van der Waals surface area contributed by atoms with Crippen molar-refractivity contribution in [3.05, 3.63) is 0 Å². The first kappa shape index (κ1) is 11.8. The normalized spacial score (nSPS) is 15.8. The van der Waals surface area contributed by atoms with Crippen LogP contribution in [-0.2, 0) is 9.53 Å². The molecule has 0 saturated carbocycles. The Kier molecular flexibility index (Phi) is 5.32. The van der Waals surface area contributed by atoms with Crippen LogP contribution in [-0.4, -0.2) is 41.7 Å². The van der Waals surface area contributed by atoms with Crippen LogP contribution in [0, 0.1) is 0 Å². The Morgan fingerprint density at radius 2 is 2.50 bits per heavy atom. The van der Waals surface area contributed by atoms with Gasteiger partial charge in [0, 0.05) is 5.75 Å². The minimum absolute atomic E-state index is 0. The third-order valence-electron chi connectivity index (χ3n) is 1.47. The van der Waals surface area contributed by atoms with Gasteiger partial charge >= 0.3 is 11.1 Å². The predicted octanol–water partition coefficient (Wildman–Crippen LogP) is -3.76. The summed E-state index contributed by atoms with van der Waals surface area (Å²) in [6.07, 6.45) is 0. The number of halogens is 1. The fraction of sp³-hybridized carbons (Fsp3) is 0.667. The van der Waals surface area contributed by atoms with Crippen LogP contribution in [0.25, 0.3) is 0 Å². The third kappa shape index (κ3) is 3.02. The molecule has 0 aromatic heterocycles. The van der Waals surface area contributed by atoms with E-state index in [0.717, 1.165) is 17.5 Å². The molecule has 12 heavy (non-hydrogen) atoms. The molecule has 1 aliphatic heterocycles. The maximum atomic E-state index is 10.8. The summed E-state index contributed by atoms with van der Waals surface area (Å²) in [6.45, 7) is 1.11. The molecule has 0 radical (unpaired) electrons. The van der Waals surface area contributed by atoms with E-state index in [-0.39, 0.29) is 29.5 Å². The number of hydrogen-bond donors (Lipinski definition) is 1. The highest BCUT2D eigenvalue weighted by atomic mass is 79.9. The third-order valence-corrected chi connectivity index (χ3v) is 2.41. The highest BCUT2D eigenvalue weighted by Crippen LogP contribution is 2.06. The van der Waals surface area contributed by atoms with Gasteiger partial charge in [-0.3, -0.25) is 5.73 Å². The largest absolute Gasteiger partial charge is 1.00 e. The van der Waals surface area contributed by atoms with Crippen LogP contribution >= 0.6 is 11.8 Å². The molecule has 2 N–H and O–H groups in total. The Balaban J connectivity index is 0.00000121. The number of esters is 1. The van der Waals surface area contributed by atoms with E-state index >= 15 is 0 Å². The number of nitrogens with zero attached hydrogens (tertiary/aromatic N) is 1. The summed E-state index contributed by atoms with van der Waals surface area (Å²) in [5.74, 6) is 0.721. The highest BCUT2D eigenvalue weighted by Gasteiger charge is 2.19. The topological polar surface area (TPSA) is 55.3 Å². The minimum Gasteiger partial charge on any atom is -1.00 e. The highest BCUT2D eigenvalue weighted by molar-refractivity contribution is 8.13. The number of methoxy groups -OCH3 is 1. The molecular formula is C6H11BrN2O2S. The summed E-state index contributed by atoms with van der Waals surface area (Å²) in [6, 6.07) is 0. The smallest absolute Gasteiger partial charge is 0.347 e. The molecule has 0 saturated heterocycles. The average molecular weight is 255 g/mol. The second-order valence-electron chi connectivity index (χ2n) is 2.18. The van der Waals surface area contributed by atoms with E-state index in [4.69, 9.17) is 5.73 Å². The standard InChI is InChI=1S/C6H10N2O2S.BrH/c1-10-5(9)4-8-2-3-11-6(8)7;/h7H,2-4H2,1H3;1H. The van der Waals surface area contributed by atoms with Gasteiger partial charge in [0.05, 0.1) is 13.7 Å². The van der Waals surface area contributed by atoms with Crippen LogP contribution in [0.4, 0.5) is 0 Å². The van der Waals surface area contributed by atoms with Gasteiger partial charge in [-0.05, 0) is 11.8 Å². The molecule has 1 heterocycles. The Labute approximate surface area is 85.9 Å². The Morgan fingerprint density at radius 1 is 1.83 bits per heavy atom. The fourth-order valence-electron chi connectivity index (χ4n) is 0.839. The van der Waals surface area contributed by atoms with Crippen LogP contribution in [0.1, 0.15) is 0 Å². The van der Waals surface area contributed by atoms with Crippen molar-refractivity contribution in [1.82, 2.24) is 0 Å². The molecule has 0 aromatic carbocycles. The zero-order valence-electron chi connectivity index (χ0n) is 6.75. The van der Waals surface area contributed by atoms with Gasteiger partial charge < -0.3 is 21.7 Å². The first-order valence-electron chi connectivity index (χ1n) is 3.31. The van der Waals surface area contributed by atoms with E-state index in [0.29, 0.717) is 0 Å². The second-order valence-corrected chi connectivity index (χ2v) is 3.30. The Morgan fingerprint density at radius 3 is 2.92 bits per heavy atom. The van der Waals surface area contributed by atoms with Crippen molar-refractivity contribution in [3.63, 3.8) is 0 Å². The quantitative estimate of drug-likeness (QED) is 0.407. The van der Waals surface area contributed by atoms with Gasteiger partial charge in [0.2, 0.25) is 0 Å². The summed E-state index contributed by atoms with van der Waals surface area (Å²) in [5, 5.41) is 0.718. The van der Waals surface area contributed by atoms with E-state index < -0.39 is 0 Å². The lowest BCUT2D eigenvalue weighted by Gasteiger charge is -1.99. The monoisotopic (exact) mass is 254 g/mol. The van der Waals surface area contributed by atoms with E-state index in [9.17, 15) is 4.79 Å². The number of hydrogen-bond acceptors (Lipinski definition) is 4. The zero-order chi connectivity index (χ0) is 8.27. The van der Waals surface area contributed by atoms with Crippen LogP contribution in [0.5, 0.6) is 0 Å². The Bertz CT molecular complexity index is 208. The lowest BCUT2D eigenvalue weighted by atomic mass is 10.6. The zero-order valence-corrected chi connectivity index (χ0v) is 9.15. The van der Waals surface area contributed by atoms with E-state index in [1.165, 1.54) is 7.11 Å². The van der Waals surface area contributed by atoms with Crippen molar-refractivity contribution < 1.29 is 31.1 Å². The van der Waals surface area contributed by atoms with Crippen molar-refractivity contribution in [2.75, 3.05) is 26.0 Å². The van der Waals surface area contributed by atoms with E-state index in [2.05, 4.69) is 4.74 Å². The molecule has 70 valence electrons. The van der Waals surface area contributed by atoms with Crippen molar-refractivity contribution in [2.45, 2.75) is 0 Å². The molecule has 6 heteroatoms. The predicted molar refractivity (Wildman–Crippen MR) is 43.7 cm³/mol. The number of amidine groups is 1. The molecule has 0 spiro atoms. The molecule has 0 amide bonds. The number of thioether (sulfide) groups is 1. The molecule has 0 aliphatic carbocycles. The summed E-state index contributed by atoms with van der Waals surface area (Å²) in [5.41, 5.74) is 5.58. The molecule has 0 unspecified atom stereocenters. The molecule has 0 bridgehead atoms. The summed E-state index contributed by atoms with van der Waals surface area (Å²) in [4.78, 5) is 10.8. The van der Waals surface area contributed by atoms with Crippen LogP contribution in [0.3, 0.4) is 0 Å². The maximum Gasteiger partial charge on any atom is 0.347 e. The molecule has 0 atom stereocenters. The molecule has 0 aromatic rings. The average Bonchev–Trinajstić information content (AvgIpc) is 2.37. The molecule has 4 nitrogen and oxygen atoms in total. The van der Waals surface area contributed by atoms with E-state index in [1.54, 1.807) is 11.8 Å². The van der Waals surface area contributed by atoms with Gasteiger partial charge in [-0.1, -0.05) is 0 Å². The molecule has 1 rings (SSSR count). The molecule has 1 aliphatic rings. The first-order chi connectivity index (χ1) is 5.24. The number of nitrogens with two attached hydrogens (primary N) is 1.